The summed E-state index contributed by atoms with van der Waals surface area (Å²) in [6, 6.07) is 69.4. The van der Waals surface area contributed by atoms with Crippen LogP contribution in [-0.4, -0.2) is 19.1 Å². The fourth-order valence-electron chi connectivity index (χ4n) is 8.86. The van der Waals surface area contributed by atoms with Gasteiger partial charge >= 0.3 is 0 Å². The number of hydrogen-bond acceptors (Lipinski definition) is 3. The van der Waals surface area contributed by atoms with Crippen LogP contribution in [0.3, 0.4) is 0 Å². The Morgan fingerprint density at radius 3 is 1.30 bits per heavy atom. The van der Waals surface area contributed by atoms with Crippen LogP contribution in [0.4, 0.5) is 0 Å². The molecule has 0 aliphatic rings. The molecule has 12 aromatic rings. The van der Waals surface area contributed by atoms with Crippen LogP contribution in [0.15, 0.2) is 194 Å². The third-order valence-electron chi connectivity index (χ3n) is 11.3. The lowest BCUT2D eigenvalue weighted by Gasteiger charge is -2.21. The molecule has 57 heavy (non-hydrogen) atoms. The third kappa shape index (κ3) is 4.86. The Morgan fingerprint density at radius 2 is 0.789 bits per heavy atom. The van der Waals surface area contributed by atoms with Gasteiger partial charge in [-0.25, -0.2) is 9.97 Å². The molecule has 0 aliphatic carbocycles. The van der Waals surface area contributed by atoms with Gasteiger partial charge in [0.2, 0.25) is 0 Å². The summed E-state index contributed by atoms with van der Waals surface area (Å²) >= 11 is 1.82. The molecule has 0 spiro atoms. The van der Waals surface area contributed by atoms with Crippen molar-refractivity contribution in [2.24, 2.45) is 0 Å². The van der Waals surface area contributed by atoms with E-state index in [4.69, 9.17) is 9.97 Å². The second-order valence-corrected chi connectivity index (χ2v) is 15.6. The summed E-state index contributed by atoms with van der Waals surface area (Å²) in [7, 11) is 0. The molecule has 0 bridgehead atoms. The van der Waals surface area contributed by atoms with Gasteiger partial charge in [-0.1, -0.05) is 152 Å². The quantitative estimate of drug-likeness (QED) is 0.176. The van der Waals surface area contributed by atoms with Crippen LogP contribution in [0.1, 0.15) is 0 Å². The number of para-hydroxylation sites is 4. The molecule has 4 heterocycles. The molecular formula is C52H32N4S. The van der Waals surface area contributed by atoms with Crippen molar-refractivity contribution in [3.8, 4) is 45.3 Å². The van der Waals surface area contributed by atoms with Gasteiger partial charge in [0.05, 0.1) is 50.4 Å². The van der Waals surface area contributed by atoms with Gasteiger partial charge in [-0.05, 0) is 42.5 Å². The number of thiophene rings is 1. The van der Waals surface area contributed by atoms with Gasteiger partial charge in [0.25, 0.3) is 0 Å². The fraction of sp³-hybridized carbons (Fsp3) is 0. The third-order valence-corrected chi connectivity index (χ3v) is 12.5. The smallest absolute Gasteiger partial charge is 0.164 e. The SMILES string of the molecule is c1ccc(-c2cc(-c3ccccc3)nc(-c3c(-n4c5ccccc5c5ccccc54)c(-n4c5ccccc5c5ccccc54)cc4c3sc3ccccc34)n2)cc1. The first-order valence-electron chi connectivity index (χ1n) is 19.3. The van der Waals surface area contributed by atoms with E-state index in [2.05, 4.69) is 203 Å². The second kappa shape index (κ2) is 12.6. The van der Waals surface area contributed by atoms with Crippen molar-refractivity contribution in [3.05, 3.63) is 194 Å². The molecule has 0 saturated carbocycles. The minimum atomic E-state index is 0.686. The zero-order valence-corrected chi connectivity index (χ0v) is 31.5. The van der Waals surface area contributed by atoms with Crippen LogP contribution in [0.2, 0.25) is 0 Å². The van der Waals surface area contributed by atoms with Crippen molar-refractivity contribution >= 4 is 75.1 Å². The van der Waals surface area contributed by atoms with Crippen LogP contribution >= 0.6 is 11.3 Å². The highest BCUT2D eigenvalue weighted by molar-refractivity contribution is 7.26. The number of rotatable bonds is 5. The van der Waals surface area contributed by atoms with E-state index in [1.54, 1.807) is 0 Å². The standard InChI is InChI=1S/C52H32N4S/c1-3-17-33(18-4-1)41-32-42(34-19-5-2-6-20-34)54-52(53-41)49-50(56-45-28-14-9-23-37(45)38-24-10-15-29-46(38)56)47(31-40-39-25-11-16-30-48(39)57-51(40)49)55-43-26-12-7-21-35(43)36-22-8-13-27-44(36)55/h1-32H. The zero-order chi connectivity index (χ0) is 37.5. The number of hydrogen-bond donors (Lipinski definition) is 0. The molecule has 4 nitrogen and oxygen atoms in total. The molecule has 0 aliphatic heterocycles. The maximum atomic E-state index is 5.57. The Morgan fingerprint density at radius 1 is 0.368 bits per heavy atom. The van der Waals surface area contributed by atoms with Crippen LogP contribution in [0, 0.1) is 0 Å². The summed E-state index contributed by atoms with van der Waals surface area (Å²) in [5.41, 5.74) is 11.5. The highest BCUT2D eigenvalue weighted by Crippen LogP contribution is 2.49. The van der Waals surface area contributed by atoms with Crippen molar-refractivity contribution in [3.63, 3.8) is 0 Å². The summed E-state index contributed by atoms with van der Waals surface area (Å²) in [6.07, 6.45) is 0. The van der Waals surface area contributed by atoms with Gasteiger partial charge in [0.15, 0.2) is 5.82 Å². The molecule has 266 valence electrons. The Balaban J connectivity index is 1.35. The number of benzene rings is 8. The zero-order valence-electron chi connectivity index (χ0n) is 30.7. The fourth-order valence-corrected chi connectivity index (χ4v) is 10.1. The van der Waals surface area contributed by atoms with Gasteiger partial charge in [0, 0.05) is 52.8 Å². The molecular weight excluding hydrogens is 713 g/mol. The van der Waals surface area contributed by atoms with E-state index < -0.39 is 0 Å². The van der Waals surface area contributed by atoms with E-state index in [1.807, 2.05) is 11.3 Å². The van der Waals surface area contributed by atoms with Gasteiger partial charge < -0.3 is 9.13 Å². The number of nitrogens with zero attached hydrogens (tertiary/aromatic N) is 4. The molecule has 0 N–H and O–H groups in total. The minimum Gasteiger partial charge on any atom is -0.307 e. The number of aromatic nitrogens is 4. The first-order chi connectivity index (χ1) is 28.3. The topological polar surface area (TPSA) is 35.6 Å². The predicted octanol–water partition coefficient (Wildman–Crippen LogP) is 14.0. The van der Waals surface area contributed by atoms with Gasteiger partial charge in [-0.15, -0.1) is 11.3 Å². The molecule has 12 rings (SSSR count). The summed E-state index contributed by atoms with van der Waals surface area (Å²) in [5.74, 6) is 0.686. The normalized spacial score (nSPS) is 11.9. The van der Waals surface area contributed by atoms with Gasteiger partial charge in [0.1, 0.15) is 0 Å². The van der Waals surface area contributed by atoms with E-state index >= 15 is 0 Å². The highest BCUT2D eigenvalue weighted by atomic mass is 32.1. The molecule has 0 fully saturated rings. The van der Waals surface area contributed by atoms with Crippen molar-refractivity contribution < 1.29 is 0 Å². The molecule has 8 aromatic carbocycles. The van der Waals surface area contributed by atoms with Crippen LogP contribution in [-0.2, 0) is 0 Å². The second-order valence-electron chi connectivity index (χ2n) is 14.5. The minimum absolute atomic E-state index is 0.686. The van der Waals surface area contributed by atoms with Crippen molar-refractivity contribution in [1.82, 2.24) is 19.1 Å². The summed E-state index contributed by atoms with van der Waals surface area (Å²) in [6.45, 7) is 0. The van der Waals surface area contributed by atoms with E-state index in [0.29, 0.717) is 5.82 Å². The summed E-state index contributed by atoms with van der Waals surface area (Å²) < 4.78 is 7.33. The Bertz CT molecular complexity index is 3360. The molecule has 0 atom stereocenters. The maximum absolute atomic E-state index is 5.57. The lowest BCUT2D eigenvalue weighted by atomic mass is 10.0. The van der Waals surface area contributed by atoms with Crippen LogP contribution in [0.5, 0.6) is 0 Å². The van der Waals surface area contributed by atoms with E-state index in [9.17, 15) is 0 Å². The average Bonchev–Trinajstić information content (AvgIpc) is 3.94. The lowest BCUT2D eigenvalue weighted by molar-refractivity contribution is 1.09. The monoisotopic (exact) mass is 744 g/mol. The van der Waals surface area contributed by atoms with Gasteiger partial charge in [-0.2, -0.15) is 0 Å². The molecule has 0 saturated heterocycles. The van der Waals surface area contributed by atoms with E-state index in [1.165, 1.54) is 37.0 Å². The average molecular weight is 745 g/mol. The Hall–Kier alpha value is -7.34. The molecule has 0 radical (unpaired) electrons. The molecule has 0 amide bonds. The molecule has 5 heteroatoms. The summed E-state index contributed by atoms with van der Waals surface area (Å²) in [5, 5.41) is 7.23. The Labute approximate surface area is 332 Å². The molecule has 0 unspecified atom stereocenters. The largest absolute Gasteiger partial charge is 0.307 e. The predicted molar refractivity (Wildman–Crippen MR) is 240 cm³/mol. The lowest BCUT2D eigenvalue weighted by Crippen LogP contribution is -2.08. The van der Waals surface area contributed by atoms with Crippen LogP contribution in [0.25, 0.3) is 109 Å². The van der Waals surface area contributed by atoms with E-state index in [0.717, 1.165) is 66.2 Å². The number of fused-ring (bicyclic) bond motifs is 9. The first-order valence-corrected chi connectivity index (χ1v) is 20.1. The van der Waals surface area contributed by atoms with Crippen molar-refractivity contribution in [1.29, 1.82) is 0 Å². The van der Waals surface area contributed by atoms with Gasteiger partial charge in [-0.3, -0.25) is 0 Å². The highest BCUT2D eigenvalue weighted by Gasteiger charge is 2.28. The van der Waals surface area contributed by atoms with Crippen LogP contribution < -0.4 is 0 Å². The first kappa shape index (κ1) is 32.0. The van der Waals surface area contributed by atoms with Crippen molar-refractivity contribution in [2.75, 3.05) is 0 Å². The maximum Gasteiger partial charge on any atom is 0.164 e. The Kier molecular flexibility index (Phi) is 7.06. The van der Waals surface area contributed by atoms with E-state index in [-0.39, 0.29) is 0 Å². The molecule has 4 aromatic heterocycles. The van der Waals surface area contributed by atoms with Crippen molar-refractivity contribution in [2.45, 2.75) is 0 Å². The summed E-state index contributed by atoms with van der Waals surface area (Å²) in [4.78, 5) is 11.1.